The first-order valence-electron chi connectivity index (χ1n) is 5.94. The molecule has 5 heteroatoms. The zero-order valence-corrected chi connectivity index (χ0v) is 11.6. The molecule has 0 aromatic heterocycles. The predicted molar refractivity (Wildman–Crippen MR) is 72.4 cm³/mol. The highest BCUT2D eigenvalue weighted by Crippen LogP contribution is 2.30. The molecule has 0 aliphatic carbocycles. The minimum Gasteiger partial charge on any atom is -0.496 e. The number of ether oxygens (including phenoxy) is 1. The number of benzene rings is 1. The van der Waals surface area contributed by atoms with Gasteiger partial charge in [0.25, 0.3) is 0 Å². The Morgan fingerprint density at radius 3 is 2.47 bits per heavy atom. The summed E-state index contributed by atoms with van der Waals surface area (Å²) < 4.78 is 5.23. The smallest absolute Gasteiger partial charge is 0.309 e. The van der Waals surface area contributed by atoms with Gasteiger partial charge < -0.3 is 15.2 Å². The number of carbonyl (C=O) groups excluding carboxylic acids is 1. The summed E-state index contributed by atoms with van der Waals surface area (Å²) in [7, 11) is 1.53. The SMILES string of the molecule is COc1ccc(NC(C)=O)cc1CC(C)(C)C(=O)O. The zero-order chi connectivity index (χ0) is 14.6. The fraction of sp³-hybridized carbons (Fsp3) is 0.429. The fourth-order valence-electron chi connectivity index (χ4n) is 1.75. The average molecular weight is 265 g/mol. The van der Waals surface area contributed by atoms with Gasteiger partial charge in [0.1, 0.15) is 5.75 Å². The van der Waals surface area contributed by atoms with Crippen LogP contribution >= 0.6 is 0 Å². The molecule has 5 nitrogen and oxygen atoms in total. The van der Waals surface area contributed by atoms with Crippen molar-refractivity contribution in [3.8, 4) is 5.75 Å². The van der Waals surface area contributed by atoms with E-state index in [2.05, 4.69) is 5.32 Å². The van der Waals surface area contributed by atoms with Crippen LogP contribution in [0.5, 0.6) is 5.75 Å². The molecule has 0 spiro atoms. The number of nitrogens with one attached hydrogen (secondary N) is 1. The maximum absolute atomic E-state index is 11.2. The Bertz CT molecular complexity index is 494. The van der Waals surface area contributed by atoms with Crippen LogP contribution in [0, 0.1) is 5.41 Å². The highest BCUT2D eigenvalue weighted by atomic mass is 16.5. The quantitative estimate of drug-likeness (QED) is 0.856. The molecule has 0 unspecified atom stereocenters. The lowest BCUT2D eigenvalue weighted by Gasteiger charge is -2.21. The van der Waals surface area contributed by atoms with Gasteiger partial charge in [0.2, 0.25) is 5.91 Å². The van der Waals surface area contributed by atoms with Crippen molar-refractivity contribution in [3.05, 3.63) is 23.8 Å². The molecule has 1 aromatic carbocycles. The Labute approximate surface area is 112 Å². The summed E-state index contributed by atoms with van der Waals surface area (Å²) in [5, 5.41) is 11.8. The standard InChI is InChI=1S/C14H19NO4/c1-9(16)15-11-5-6-12(19-4)10(7-11)8-14(2,3)13(17)18/h5-7H,8H2,1-4H3,(H,15,16)(H,17,18). The van der Waals surface area contributed by atoms with Gasteiger partial charge in [0.05, 0.1) is 12.5 Å². The van der Waals surface area contributed by atoms with Crippen LogP contribution in [0.2, 0.25) is 0 Å². The van der Waals surface area contributed by atoms with Crippen LogP contribution in [-0.2, 0) is 16.0 Å². The van der Waals surface area contributed by atoms with E-state index < -0.39 is 11.4 Å². The minimum atomic E-state index is -0.901. The van der Waals surface area contributed by atoms with Gasteiger partial charge in [-0.15, -0.1) is 0 Å². The molecule has 1 aromatic rings. The molecule has 0 saturated carbocycles. The summed E-state index contributed by atoms with van der Waals surface area (Å²) in [5.41, 5.74) is 0.480. The van der Waals surface area contributed by atoms with E-state index in [0.29, 0.717) is 17.9 Å². The first-order chi connectivity index (χ1) is 8.76. The molecule has 0 saturated heterocycles. The highest BCUT2D eigenvalue weighted by molar-refractivity contribution is 5.88. The van der Waals surface area contributed by atoms with Crippen LogP contribution in [0.25, 0.3) is 0 Å². The number of rotatable bonds is 5. The first-order valence-corrected chi connectivity index (χ1v) is 5.94. The normalized spacial score (nSPS) is 10.9. The number of anilines is 1. The van der Waals surface area contributed by atoms with E-state index in [1.54, 1.807) is 32.0 Å². The van der Waals surface area contributed by atoms with Crippen molar-refractivity contribution in [2.24, 2.45) is 5.41 Å². The van der Waals surface area contributed by atoms with Crippen LogP contribution in [0.3, 0.4) is 0 Å². The van der Waals surface area contributed by atoms with Gasteiger partial charge in [-0.05, 0) is 44.0 Å². The summed E-state index contributed by atoms with van der Waals surface area (Å²) in [4.78, 5) is 22.2. The number of amides is 1. The van der Waals surface area contributed by atoms with E-state index in [9.17, 15) is 14.7 Å². The second kappa shape index (κ2) is 5.73. The third kappa shape index (κ3) is 3.98. The number of carbonyl (C=O) groups is 2. The van der Waals surface area contributed by atoms with Crippen molar-refractivity contribution >= 4 is 17.6 Å². The van der Waals surface area contributed by atoms with Gasteiger partial charge in [0, 0.05) is 12.6 Å². The molecule has 0 atom stereocenters. The molecule has 0 heterocycles. The fourth-order valence-corrected chi connectivity index (χ4v) is 1.75. The number of methoxy groups -OCH3 is 1. The van der Waals surface area contributed by atoms with Gasteiger partial charge in [-0.3, -0.25) is 9.59 Å². The van der Waals surface area contributed by atoms with Crippen LogP contribution in [0.1, 0.15) is 26.3 Å². The number of carboxylic acids is 1. The second-order valence-corrected chi connectivity index (χ2v) is 5.07. The molecule has 0 aliphatic rings. The summed E-state index contributed by atoms with van der Waals surface area (Å²) in [6, 6.07) is 5.18. The van der Waals surface area contributed by atoms with E-state index >= 15 is 0 Å². The molecule has 0 bridgehead atoms. The minimum absolute atomic E-state index is 0.173. The molecular formula is C14H19NO4. The number of hydrogen-bond acceptors (Lipinski definition) is 3. The molecule has 19 heavy (non-hydrogen) atoms. The maximum Gasteiger partial charge on any atom is 0.309 e. The molecule has 0 fully saturated rings. The van der Waals surface area contributed by atoms with Crippen LogP contribution in [0.15, 0.2) is 18.2 Å². The Kier molecular flexibility index (Phi) is 4.53. The molecule has 2 N–H and O–H groups in total. The molecule has 1 amide bonds. The molecule has 104 valence electrons. The number of aliphatic carboxylic acids is 1. The van der Waals surface area contributed by atoms with Crippen molar-refractivity contribution in [2.45, 2.75) is 27.2 Å². The maximum atomic E-state index is 11.2. The average Bonchev–Trinajstić information content (AvgIpc) is 2.27. The third-order valence-corrected chi connectivity index (χ3v) is 2.81. The molecule has 0 aliphatic heterocycles. The summed E-state index contributed by atoms with van der Waals surface area (Å²) >= 11 is 0. The predicted octanol–water partition coefficient (Wildman–Crippen LogP) is 2.31. The second-order valence-electron chi connectivity index (χ2n) is 5.07. The van der Waals surface area contributed by atoms with Crippen molar-refractivity contribution in [3.63, 3.8) is 0 Å². The van der Waals surface area contributed by atoms with Gasteiger partial charge in [-0.2, -0.15) is 0 Å². The lowest BCUT2D eigenvalue weighted by Crippen LogP contribution is -2.26. The Hall–Kier alpha value is -2.04. The topological polar surface area (TPSA) is 75.6 Å². The summed E-state index contributed by atoms with van der Waals surface area (Å²) in [6.07, 6.45) is 0.318. The molecule has 1 rings (SSSR count). The van der Waals surface area contributed by atoms with E-state index in [4.69, 9.17) is 4.74 Å². The summed E-state index contributed by atoms with van der Waals surface area (Å²) in [6.45, 7) is 4.73. The number of hydrogen-bond donors (Lipinski definition) is 2. The van der Waals surface area contributed by atoms with E-state index in [0.717, 1.165) is 5.56 Å². The molecule has 0 radical (unpaired) electrons. The molecular weight excluding hydrogens is 246 g/mol. The Balaban J connectivity index is 3.09. The van der Waals surface area contributed by atoms with Crippen molar-refractivity contribution in [2.75, 3.05) is 12.4 Å². The lowest BCUT2D eigenvalue weighted by atomic mass is 9.85. The van der Waals surface area contributed by atoms with Gasteiger partial charge >= 0.3 is 5.97 Å². The van der Waals surface area contributed by atoms with E-state index in [1.807, 2.05) is 0 Å². The van der Waals surface area contributed by atoms with Crippen molar-refractivity contribution in [1.82, 2.24) is 0 Å². The van der Waals surface area contributed by atoms with E-state index in [-0.39, 0.29) is 5.91 Å². The van der Waals surface area contributed by atoms with Crippen molar-refractivity contribution in [1.29, 1.82) is 0 Å². The van der Waals surface area contributed by atoms with E-state index in [1.165, 1.54) is 14.0 Å². The van der Waals surface area contributed by atoms with Crippen molar-refractivity contribution < 1.29 is 19.4 Å². The van der Waals surface area contributed by atoms with Gasteiger partial charge in [-0.25, -0.2) is 0 Å². The van der Waals surface area contributed by atoms with Gasteiger partial charge in [-0.1, -0.05) is 0 Å². The lowest BCUT2D eigenvalue weighted by molar-refractivity contribution is -0.146. The Morgan fingerprint density at radius 2 is 2.00 bits per heavy atom. The highest BCUT2D eigenvalue weighted by Gasteiger charge is 2.28. The van der Waals surface area contributed by atoms with Crippen LogP contribution < -0.4 is 10.1 Å². The van der Waals surface area contributed by atoms with Gasteiger partial charge in [0.15, 0.2) is 0 Å². The van der Waals surface area contributed by atoms with Crippen LogP contribution in [0.4, 0.5) is 5.69 Å². The zero-order valence-electron chi connectivity index (χ0n) is 11.6. The largest absolute Gasteiger partial charge is 0.496 e. The number of carboxylic acid groups (broad SMARTS) is 1. The third-order valence-electron chi connectivity index (χ3n) is 2.81. The Morgan fingerprint density at radius 1 is 1.37 bits per heavy atom. The summed E-state index contributed by atoms with van der Waals surface area (Å²) in [5.74, 6) is -0.434. The first kappa shape index (κ1) is 15.0. The van der Waals surface area contributed by atoms with Crippen LogP contribution in [-0.4, -0.2) is 24.1 Å². The monoisotopic (exact) mass is 265 g/mol.